The van der Waals surface area contributed by atoms with Crippen LogP contribution in [0.15, 0.2) is 72.5 Å². The molecule has 173 valence electrons. The van der Waals surface area contributed by atoms with Gasteiger partial charge in [-0.3, -0.25) is 4.79 Å². The fourth-order valence-corrected chi connectivity index (χ4v) is 7.13. The van der Waals surface area contributed by atoms with Crippen molar-refractivity contribution in [1.82, 2.24) is 4.98 Å². The van der Waals surface area contributed by atoms with Crippen molar-refractivity contribution in [3.05, 3.63) is 89.7 Å². The van der Waals surface area contributed by atoms with Gasteiger partial charge in [0.25, 0.3) is 0 Å². The van der Waals surface area contributed by atoms with Crippen LogP contribution >= 0.6 is 0 Å². The second-order valence-electron chi connectivity index (χ2n) is 8.97. The predicted octanol–water partition coefficient (Wildman–Crippen LogP) is 6.74. The van der Waals surface area contributed by atoms with Gasteiger partial charge in [-0.05, 0) is 13.8 Å². The van der Waals surface area contributed by atoms with Crippen molar-refractivity contribution in [2.45, 2.75) is 33.1 Å². The fraction of sp³-hybridized carbons (Fsp3) is 0.172. The molecule has 0 saturated carbocycles. The summed E-state index contributed by atoms with van der Waals surface area (Å²) >= 11 is 0.370. The summed E-state index contributed by atoms with van der Waals surface area (Å²) in [6, 6.07) is 25.5. The maximum atomic E-state index is 10.0. The molecule has 6 rings (SSSR count). The molecule has 5 heteroatoms. The van der Waals surface area contributed by atoms with Crippen molar-refractivity contribution in [1.29, 1.82) is 0 Å². The number of fused-ring (bicyclic) bond motifs is 3. The van der Waals surface area contributed by atoms with Crippen molar-refractivity contribution in [2.75, 3.05) is 0 Å². The predicted molar refractivity (Wildman–Crippen MR) is 137 cm³/mol. The number of allylic oxidation sites excluding steroid dienone is 2. The van der Waals surface area contributed by atoms with Crippen molar-refractivity contribution in [2.24, 2.45) is 0 Å². The Morgan fingerprint density at radius 1 is 1.00 bits per heavy atom. The van der Waals surface area contributed by atoms with E-state index in [9.17, 15) is 4.79 Å². The first kappa shape index (κ1) is 24.6. The Labute approximate surface area is 218 Å². The van der Waals surface area contributed by atoms with Crippen LogP contribution < -0.4 is 0 Å². The molecule has 3 nitrogen and oxygen atoms in total. The summed E-state index contributed by atoms with van der Waals surface area (Å²) in [5.74, 6) is -0.0625. The van der Waals surface area contributed by atoms with Crippen LogP contribution in [0.4, 0.5) is 0 Å². The molecular formula is C29H24IrNO2Se-. The molecule has 0 fully saturated rings. The van der Waals surface area contributed by atoms with Gasteiger partial charge in [0.1, 0.15) is 0 Å². The Morgan fingerprint density at radius 3 is 2.44 bits per heavy atom. The number of para-hydroxylation sites is 1. The first-order chi connectivity index (χ1) is 15.8. The van der Waals surface area contributed by atoms with Gasteiger partial charge < -0.3 is 5.11 Å². The van der Waals surface area contributed by atoms with Gasteiger partial charge in [-0.1, -0.05) is 0 Å². The van der Waals surface area contributed by atoms with E-state index >= 15 is 0 Å². The van der Waals surface area contributed by atoms with E-state index in [2.05, 4.69) is 80.6 Å². The summed E-state index contributed by atoms with van der Waals surface area (Å²) in [5.41, 5.74) is 5.97. The summed E-state index contributed by atoms with van der Waals surface area (Å²) in [6.07, 6.45) is 1.17. The topological polar surface area (TPSA) is 50.2 Å². The van der Waals surface area contributed by atoms with Crippen LogP contribution in [0.1, 0.15) is 38.8 Å². The van der Waals surface area contributed by atoms with Gasteiger partial charge in [-0.15, -0.1) is 0 Å². The zero-order valence-electron chi connectivity index (χ0n) is 19.4. The SMILES string of the molecule is CC(=O)/C=C(/C)O.CC1(C)c2cc3ccccc3nc2-c2[c-]ccc3[se]c4cccc1c4c23.[Ir]. The smallest absolute Gasteiger partial charge is 0 e. The van der Waals surface area contributed by atoms with Crippen LogP contribution in [0.2, 0.25) is 0 Å². The average molecular weight is 690 g/mol. The van der Waals surface area contributed by atoms with Gasteiger partial charge in [-0.2, -0.15) is 0 Å². The van der Waals surface area contributed by atoms with Gasteiger partial charge in [0.05, 0.1) is 5.76 Å². The van der Waals surface area contributed by atoms with E-state index in [1.165, 1.54) is 61.3 Å². The fourth-order valence-electron chi connectivity index (χ4n) is 4.73. The van der Waals surface area contributed by atoms with E-state index in [4.69, 9.17) is 10.1 Å². The van der Waals surface area contributed by atoms with E-state index in [1.54, 1.807) is 0 Å². The molecule has 34 heavy (non-hydrogen) atoms. The third kappa shape index (κ3) is 4.08. The molecule has 0 aliphatic heterocycles. The summed E-state index contributed by atoms with van der Waals surface area (Å²) < 4.78 is 2.96. The van der Waals surface area contributed by atoms with E-state index in [0.717, 1.165) is 11.2 Å². The Kier molecular flexibility index (Phi) is 6.68. The minimum Gasteiger partial charge on any atom is 0 e. The van der Waals surface area contributed by atoms with Crippen molar-refractivity contribution in [3.8, 4) is 11.3 Å². The van der Waals surface area contributed by atoms with Crippen LogP contribution in [0.25, 0.3) is 41.5 Å². The molecule has 2 aromatic heterocycles. The standard InChI is InChI=1S/C24H16NSe.C5H8O2.Ir/c1-24(2)16-9-6-12-20-22(16)21-15(8-5-11-19(21)26-20)23-17(24)13-14-7-3-4-10-18(14)25-23;1-4(6)3-5(2)7;/h3-7,9-13H,1-2H3;3,6H,1-2H3;/q-1;;/b;4-3-;. The van der Waals surface area contributed by atoms with Crippen LogP contribution in [0.5, 0.6) is 0 Å². The molecule has 3 aromatic carbocycles. The summed E-state index contributed by atoms with van der Waals surface area (Å²) in [7, 11) is 0. The first-order valence-electron chi connectivity index (χ1n) is 10.9. The molecule has 2 heterocycles. The number of aliphatic hydroxyl groups is 1. The van der Waals surface area contributed by atoms with Gasteiger partial charge in [0, 0.05) is 26.2 Å². The number of pyridine rings is 1. The Bertz CT molecular complexity index is 1590. The van der Waals surface area contributed by atoms with E-state index in [0.29, 0.717) is 14.5 Å². The number of carbonyl (C=O) groups excluding carboxylic acids is 1. The van der Waals surface area contributed by atoms with Crippen molar-refractivity contribution in [3.63, 3.8) is 0 Å². The van der Waals surface area contributed by atoms with Gasteiger partial charge in [-0.25, -0.2) is 0 Å². The monoisotopic (exact) mass is 691 g/mol. The maximum absolute atomic E-state index is 10.0. The number of carbonyl (C=O) groups is 1. The maximum Gasteiger partial charge on any atom is 0 e. The molecule has 0 bridgehead atoms. The number of nitrogens with zero attached hydrogens (tertiary/aromatic N) is 1. The first-order valence-corrected chi connectivity index (χ1v) is 12.6. The van der Waals surface area contributed by atoms with E-state index in [-0.39, 0.29) is 37.1 Å². The number of rotatable bonds is 1. The van der Waals surface area contributed by atoms with Crippen molar-refractivity contribution >= 4 is 50.5 Å². The van der Waals surface area contributed by atoms with Crippen LogP contribution in [0, 0.1) is 6.07 Å². The molecule has 0 unspecified atom stereocenters. The molecule has 1 aliphatic carbocycles. The third-order valence-electron chi connectivity index (χ3n) is 6.17. The van der Waals surface area contributed by atoms with E-state index in [1.807, 2.05) is 0 Å². The number of hydrogen-bond donors (Lipinski definition) is 1. The van der Waals surface area contributed by atoms with Gasteiger partial charge in [0.2, 0.25) is 0 Å². The number of hydrogen-bond acceptors (Lipinski definition) is 3. The quantitative estimate of drug-likeness (QED) is 0.0919. The molecule has 0 saturated heterocycles. The normalized spacial score (nSPS) is 13.7. The largest absolute Gasteiger partial charge is 0 e. The summed E-state index contributed by atoms with van der Waals surface area (Å²) in [5, 5.41) is 12.4. The zero-order valence-corrected chi connectivity index (χ0v) is 23.5. The molecule has 1 radical (unpaired) electrons. The van der Waals surface area contributed by atoms with Crippen LogP contribution in [0.3, 0.4) is 0 Å². The molecular weight excluding hydrogens is 666 g/mol. The third-order valence-corrected chi connectivity index (χ3v) is 8.52. The minimum absolute atomic E-state index is 0. The minimum atomic E-state index is -0.125. The molecule has 1 N–H and O–H groups in total. The number of aromatic nitrogens is 1. The number of ketones is 1. The van der Waals surface area contributed by atoms with Crippen LogP contribution in [-0.4, -0.2) is 30.4 Å². The Hall–Kier alpha value is -2.55. The van der Waals surface area contributed by atoms with Crippen molar-refractivity contribution < 1.29 is 30.0 Å². The second kappa shape index (κ2) is 9.24. The average Bonchev–Trinajstić information content (AvgIpc) is 3.13. The van der Waals surface area contributed by atoms with Gasteiger partial charge in [0.15, 0.2) is 5.78 Å². The Balaban J connectivity index is 0.000000303. The van der Waals surface area contributed by atoms with Crippen LogP contribution in [-0.2, 0) is 30.3 Å². The number of aliphatic hydroxyl groups excluding tert-OH is 1. The molecule has 0 atom stereocenters. The number of benzene rings is 3. The van der Waals surface area contributed by atoms with Gasteiger partial charge >= 0.3 is 158 Å². The zero-order chi connectivity index (χ0) is 23.3. The summed E-state index contributed by atoms with van der Waals surface area (Å²) in [4.78, 5) is 15.2. The summed E-state index contributed by atoms with van der Waals surface area (Å²) in [6.45, 7) is 7.53. The Morgan fingerprint density at radius 2 is 1.74 bits per heavy atom. The van der Waals surface area contributed by atoms with E-state index < -0.39 is 0 Å². The molecule has 0 spiro atoms. The molecule has 5 aromatic rings. The molecule has 0 amide bonds. The second-order valence-corrected chi connectivity index (χ2v) is 11.2. The molecule has 1 aliphatic rings.